The second kappa shape index (κ2) is 9.36. The summed E-state index contributed by atoms with van der Waals surface area (Å²) in [6.07, 6.45) is 4.99. The largest absolute Gasteiger partial charge is 0.510 e. The lowest BCUT2D eigenvalue weighted by Gasteiger charge is -2.55. The van der Waals surface area contributed by atoms with Gasteiger partial charge in [-0.2, -0.15) is 0 Å². The van der Waals surface area contributed by atoms with Crippen LogP contribution in [0.25, 0.3) is 0 Å². The quantitative estimate of drug-likeness (QED) is 0.263. The van der Waals surface area contributed by atoms with Crippen molar-refractivity contribution in [1.82, 2.24) is 0 Å². The molecule has 36 heavy (non-hydrogen) atoms. The van der Waals surface area contributed by atoms with Crippen molar-refractivity contribution in [1.29, 1.82) is 0 Å². The number of hydrogen-bond acceptors (Lipinski definition) is 6. The van der Waals surface area contributed by atoms with Crippen molar-refractivity contribution in [3.8, 4) is 0 Å². The average Bonchev–Trinajstić information content (AvgIpc) is 3.07. The zero-order valence-corrected chi connectivity index (χ0v) is 23.2. The van der Waals surface area contributed by atoms with Gasteiger partial charge in [-0.05, 0) is 91.9 Å². The summed E-state index contributed by atoms with van der Waals surface area (Å²) in [5, 5.41) is 34.6. The minimum Gasteiger partial charge on any atom is -0.510 e. The van der Waals surface area contributed by atoms with Gasteiger partial charge in [-0.15, -0.1) is 0 Å². The number of Topliss-reactive ketones (excluding diaryl/α,β-unsaturated/α-hetero) is 3. The number of aliphatic hydroxyl groups excluding tert-OH is 1. The molecule has 0 bridgehead atoms. The van der Waals surface area contributed by atoms with Crippen molar-refractivity contribution < 1.29 is 29.7 Å². The van der Waals surface area contributed by atoms with Crippen LogP contribution < -0.4 is 0 Å². The van der Waals surface area contributed by atoms with Gasteiger partial charge in [0.25, 0.3) is 0 Å². The SMILES string of the molecule is CC(C)=CCC1(CC=C(C)C)C(=O)C(C(=O)C(C)C)=C(O)[C@]2(C[C@@H]3[C@H](CC[C@]3(C)O)[C@](C)(O)C2)C1=O. The number of ketones is 3. The summed E-state index contributed by atoms with van der Waals surface area (Å²) in [6.45, 7) is 14.3. The second-order valence-corrected chi connectivity index (χ2v) is 12.9. The summed E-state index contributed by atoms with van der Waals surface area (Å²) in [5.74, 6) is -3.36. The molecular formula is C30H44O6. The fourth-order valence-electron chi connectivity index (χ4n) is 6.90. The molecule has 3 aliphatic rings. The molecule has 0 heterocycles. The molecule has 0 radical (unpaired) electrons. The highest BCUT2D eigenvalue weighted by molar-refractivity contribution is 6.31. The minimum absolute atomic E-state index is 0.0878. The van der Waals surface area contributed by atoms with Crippen molar-refractivity contribution in [2.45, 2.75) is 105 Å². The number of hydrogen-bond donors (Lipinski definition) is 3. The van der Waals surface area contributed by atoms with Crippen LogP contribution in [0.5, 0.6) is 0 Å². The minimum atomic E-state index is -1.63. The Morgan fingerprint density at radius 3 is 1.97 bits per heavy atom. The Hall–Kier alpha value is -2.05. The van der Waals surface area contributed by atoms with Gasteiger partial charge >= 0.3 is 0 Å². The van der Waals surface area contributed by atoms with Gasteiger partial charge in [-0.3, -0.25) is 14.4 Å². The summed E-state index contributed by atoms with van der Waals surface area (Å²) in [4.78, 5) is 42.3. The summed E-state index contributed by atoms with van der Waals surface area (Å²) in [7, 11) is 0. The fourth-order valence-corrected chi connectivity index (χ4v) is 6.90. The topological polar surface area (TPSA) is 112 Å². The maximum atomic E-state index is 14.7. The van der Waals surface area contributed by atoms with Crippen LogP contribution in [0.15, 0.2) is 34.6 Å². The van der Waals surface area contributed by atoms with Crippen molar-refractivity contribution in [2.75, 3.05) is 0 Å². The zero-order valence-electron chi connectivity index (χ0n) is 23.2. The predicted molar refractivity (Wildman–Crippen MR) is 139 cm³/mol. The van der Waals surface area contributed by atoms with Crippen LogP contribution >= 0.6 is 0 Å². The van der Waals surface area contributed by atoms with Crippen LogP contribution in [-0.2, 0) is 14.4 Å². The molecule has 3 aliphatic carbocycles. The summed E-state index contributed by atoms with van der Waals surface area (Å²) in [5.41, 5.74) is -4.13. The van der Waals surface area contributed by atoms with E-state index in [1.165, 1.54) is 0 Å². The second-order valence-electron chi connectivity index (χ2n) is 12.9. The van der Waals surface area contributed by atoms with Crippen molar-refractivity contribution in [3.63, 3.8) is 0 Å². The molecule has 3 N–H and O–H groups in total. The van der Waals surface area contributed by atoms with Crippen LogP contribution in [0, 0.1) is 28.6 Å². The molecule has 5 atom stereocenters. The molecule has 2 fully saturated rings. The molecule has 6 heteroatoms. The first-order valence-electron chi connectivity index (χ1n) is 13.2. The van der Waals surface area contributed by atoms with Crippen LogP contribution in [0.2, 0.25) is 0 Å². The standard InChI is InChI=1S/C30H44O6/c1-17(2)9-13-29(14-10-18(3)4)24(32)22(23(31)19(5)6)25(33)30(26(29)34)15-21-20(28(8,36)16-30)11-12-27(21,7)35/h9-10,19-21,33,35-36H,11-16H2,1-8H3/t20-,21+,27-,28+,30+/m0/s1. The van der Waals surface area contributed by atoms with E-state index in [-0.39, 0.29) is 37.2 Å². The number of carbonyl (C=O) groups is 3. The Bertz CT molecular complexity index is 1030. The average molecular weight is 501 g/mol. The smallest absolute Gasteiger partial charge is 0.184 e. The Kier molecular flexibility index (Phi) is 7.41. The molecular weight excluding hydrogens is 456 g/mol. The summed E-state index contributed by atoms with van der Waals surface area (Å²) < 4.78 is 0. The number of allylic oxidation sites excluding steroid dienone is 6. The van der Waals surface area contributed by atoms with Gasteiger partial charge in [0.2, 0.25) is 0 Å². The highest BCUT2D eigenvalue weighted by Gasteiger charge is 2.69. The Morgan fingerprint density at radius 1 is 0.972 bits per heavy atom. The van der Waals surface area contributed by atoms with E-state index in [0.29, 0.717) is 12.8 Å². The molecule has 0 aromatic heterocycles. The van der Waals surface area contributed by atoms with E-state index < -0.39 is 57.0 Å². The van der Waals surface area contributed by atoms with E-state index in [2.05, 4.69) is 0 Å². The van der Waals surface area contributed by atoms with Gasteiger partial charge in [-0.25, -0.2) is 0 Å². The summed E-state index contributed by atoms with van der Waals surface area (Å²) in [6, 6.07) is 0. The van der Waals surface area contributed by atoms with Crippen LogP contribution in [0.1, 0.15) is 93.9 Å². The molecule has 1 spiro atoms. The zero-order chi connectivity index (χ0) is 27.4. The van der Waals surface area contributed by atoms with Gasteiger partial charge in [0, 0.05) is 5.92 Å². The van der Waals surface area contributed by atoms with E-state index in [1.807, 2.05) is 39.8 Å². The highest BCUT2D eigenvalue weighted by Crippen LogP contribution is 2.63. The monoisotopic (exact) mass is 500 g/mol. The molecule has 200 valence electrons. The third kappa shape index (κ3) is 4.45. The summed E-state index contributed by atoms with van der Waals surface area (Å²) >= 11 is 0. The number of carbonyl (C=O) groups excluding carboxylic acids is 3. The first-order valence-corrected chi connectivity index (χ1v) is 13.2. The maximum absolute atomic E-state index is 14.7. The molecule has 3 rings (SSSR count). The Balaban J connectivity index is 2.37. The molecule has 0 amide bonds. The molecule has 0 saturated heterocycles. The van der Waals surface area contributed by atoms with E-state index >= 15 is 0 Å². The van der Waals surface area contributed by atoms with Crippen LogP contribution in [-0.4, -0.2) is 43.9 Å². The van der Waals surface area contributed by atoms with Crippen LogP contribution in [0.3, 0.4) is 0 Å². The van der Waals surface area contributed by atoms with Crippen molar-refractivity contribution in [3.05, 3.63) is 34.6 Å². The number of aliphatic hydroxyl groups is 3. The third-order valence-electron chi connectivity index (χ3n) is 8.98. The Labute approximate surface area is 215 Å². The van der Waals surface area contributed by atoms with Gasteiger partial charge in [0.1, 0.15) is 16.7 Å². The molecule has 0 aromatic carbocycles. The van der Waals surface area contributed by atoms with Gasteiger partial charge in [0.15, 0.2) is 17.3 Å². The molecule has 0 aliphatic heterocycles. The first-order chi connectivity index (χ1) is 16.4. The number of fused-ring (bicyclic) bond motifs is 1. The predicted octanol–water partition coefficient (Wildman–Crippen LogP) is 5.18. The molecule has 6 nitrogen and oxygen atoms in total. The van der Waals surface area contributed by atoms with Gasteiger partial charge in [-0.1, -0.05) is 37.1 Å². The molecule has 0 unspecified atom stereocenters. The van der Waals surface area contributed by atoms with E-state index in [4.69, 9.17) is 0 Å². The van der Waals surface area contributed by atoms with E-state index in [1.54, 1.807) is 27.7 Å². The maximum Gasteiger partial charge on any atom is 0.184 e. The number of rotatable bonds is 6. The lowest BCUT2D eigenvalue weighted by Crippen LogP contribution is -2.62. The normalized spacial score (nSPS) is 35.8. The van der Waals surface area contributed by atoms with Crippen molar-refractivity contribution in [2.24, 2.45) is 28.6 Å². The van der Waals surface area contributed by atoms with Gasteiger partial charge < -0.3 is 15.3 Å². The molecule has 2 saturated carbocycles. The fraction of sp³-hybridized carbons (Fsp3) is 0.700. The third-order valence-corrected chi connectivity index (χ3v) is 8.98. The lowest BCUT2D eigenvalue weighted by atomic mass is 9.48. The lowest BCUT2D eigenvalue weighted by molar-refractivity contribution is -0.168. The highest BCUT2D eigenvalue weighted by atomic mass is 16.3. The van der Waals surface area contributed by atoms with Crippen molar-refractivity contribution >= 4 is 17.3 Å². The van der Waals surface area contributed by atoms with Gasteiger partial charge in [0.05, 0.1) is 16.6 Å². The van der Waals surface area contributed by atoms with E-state index in [0.717, 1.165) is 11.1 Å². The first kappa shape index (κ1) is 28.5. The van der Waals surface area contributed by atoms with Crippen LogP contribution in [0.4, 0.5) is 0 Å². The Morgan fingerprint density at radius 2 is 1.50 bits per heavy atom. The van der Waals surface area contributed by atoms with E-state index in [9.17, 15) is 29.7 Å². The molecule has 0 aromatic rings.